The summed E-state index contributed by atoms with van der Waals surface area (Å²) >= 11 is 1.93. The Morgan fingerprint density at radius 3 is 2.20 bits per heavy atom. The molecule has 0 saturated carbocycles. The van der Waals surface area contributed by atoms with Gasteiger partial charge in [-0.15, -0.1) is 11.8 Å². The number of hydrogen-bond acceptors (Lipinski definition) is 2. The van der Waals surface area contributed by atoms with E-state index in [4.69, 9.17) is 4.74 Å². The molecule has 0 radical (unpaired) electrons. The van der Waals surface area contributed by atoms with Crippen LogP contribution in [0, 0.1) is 5.41 Å². The first-order chi connectivity index (χ1) is 4.46. The Balaban J connectivity index is 2.67. The minimum atomic E-state index is 0.0486. The second-order valence-electron chi connectivity index (χ2n) is 3.89. The van der Waals surface area contributed by atoms with Gasteiger partial charge in [-0.25, -0.2) is 0 Å². The van der Waals surface area contributed by atoms with E-state index in [1.165, 1.54) is 0 Å². The Morgan fingerprint density at radius 2 is 2.00 bits per heavy atom. The number of thioether (sulfide) groups is 1. The van der Waals surface area contributed by atoms with Crippen molar-refractivity contribution in [3.8, 4) is 0 Å². The van der Waals surface area contributed by atoms with Gasteiger partial charge < -0.3 is 4.74 Å². The smallest absolute Gasteiger partial charge is 0.115 e. The fourth-order valence-corrected chi connectivity index (χ4v) is 2.10. The van der Waals surface area contributed by atoms with Gasteiger partial charge in [0.05, 0.1) is 6.61 Å². The van der Waals surface area contributed by atoms with Crippen LogP contribution in [-0.2, 0) is 4.74 Å². The van der Waals surface area contributed by atoms with Gasteiger partial charge in [0.15, 0.2) is 0 Å². The third-order valence-corrected chi connectivity index (χ3v) is 3.85. The predicted octanol–water partition coefficient (Wildman–Crippen LogP) is 2.51. The van der Waals surface area contributed by atoms with Crippen molar-refractivity contribution in [2.24, 2.45) is 5.41 Å². The lowest BCUT2D eigenvalue weighted by molar-refractivity contribution is -0.0125. The monoisotopic (exact) mass is 160 g/mol. The summed E-state index contributed by atoms with van der Waals surface area (Å²) in [5.74, 6) is 1.15. The van der Waals surface area contributed by atoms with E-state index in [0.29, 0.717) is 0 Å². The van der Waals surface area contributed by atoms with Gasteiger partial charge in [-0.2, -0.15) is 0 Å². The molecule has 0 amide bonds. The summed E-state index contributed by atoms with van der Waals surface area (Å²) in [6.07, 6.45) is 0. The van der Waals surface area contributed by atoms with E-state index in [0.717, 1.165) is 12.4 Å². The van der Waals surface area contributed by atoms with Crippen LogP contribution in [0.2, 0.25) is 0 Å². The van der Waals surface area contributed by atoms with Crippen LogP contribution in [0.1, 0.15) is 27.7 Å². The molecular formula is C8H16OS. The van der Waals surface area contributed by atoms with Gasteiger partial charge in [0.1, 0.15) is 4.93 Å². The minimum absolute atomic E-state index is 0.0486. The highest BCUT2D eigenvalue weighted by atomic mass is 32.2. The molecule has 10 heavy (non-hydrogen) atoms. The molecule has 1 aliphatic heterocycles. The van der Waals surface area contributed by atoms with Crippen molar-refractivity contribution in [3.63, 3.8) is 0 Å². The lowest BCUT2D eigenvalue weighted by Crippen LogP contribution is -2.35. The van der Waals surface area contributed by atoms with Crippen LogP contribution in [0.4, 0.5) is 0 Å². The molecule has 1 atom stereocenters. The van der Waals surface area contributed by atoms with Crippen LogP contribution < -0.4 is 0 Å². The third kappa shape index (κ3) is 1.32. The SMILES string of the molecule is CC(C)(C)C1(C)OCCS1. The van der Waals surface area contributed by atoms with Crippen LogP contribution in [-0.4, -0.2) is 17.3 Å². The maximum Gasteiger partial charge on any atom is 0.115 e. The van der Waals surface area contributed by atoms with Crippen molar-refractivity contribution in [2.45, 2.75) is 32.6 Å². The average Bonchev–Trinajstić information content (AvgIpc) is 2.13. The molecule has 0 aliphatic carbocycles. The Bertz CT molecular complexity index is 120. The van der Waals surface area contributed by atoms with E-state index in [1.54, 1.807) is 0 Å². The van der Waals surface area contributed by atoms with Gasteiger partial charge in [0.25, 0.3) is 0 Å². The molecule has 1 saturated heterocycles. The summed E-state index contributed by atoms with van der Waals surface area (Å²) in [6, 6.07) is 0. The molecule has 0 aromatic carbocycles. The Hall–Kier alpha value is 0.310. The summed E-state index contributed by atoms with van der Waals surface area (Å²) in [7, 11) is 0. The van der Waals surface area contributed by atoms with E-state index >= 15 is 0 Å². The average molecular weight is 160 g/mol. The van der Waals surface area contributed by atoms with Crippen LogP contribution in [0.3, 0.4) is 0 Å². The molecule has 1 heterocycles. The van der Waals surface area contributed by atoms with E-state index in [-0.39, 0.29) is 10.3 Å². The molecule has 1 nitrogen and oxygen atoms in total. The van der Waals surface area contributed by atoms with Gasteiger partial charge in [0.2, 0.25) is 0 Å². The number of rotatable bonds is 0. The summed E-state index contributed by atoms with van der Waals surface area (Å²) in [5, 5.41) is 0. The molecule has 0 spiro atoms. The van der Waals surface area contributed by atoms with Gasteiger partial charge in [-0.1, -0.05) is 20.8 Å². The molecule has 1 fully saturated rings. The third-order valence-electron chi connectivity index (χ3n) is 2.20. The molecule has 0 N–H and O–H groups in total. The van der Waals surface area contributed by atoms with E-state index in [9.17, 15) is 0 Å². The summed E-state index contributed by atoms with van der Waals surface area (Å²) in [4.78, 5) is 0.0486. The van der Waals surface area contributed by atoms with Gasteiger partial charge in [-0.3, -0.25) is 0 Å². The molecule has 1 rings (SSSR count). The molecule has 0 bridgehead atoms. The van der Waals surface area contributed by atoms with Crippen LogP contribution in [0.25, 0.3) is 0 Å². The van der Waals surface area contributed by atoms with Crippen LogP contribution in [0.15, 0.2) is 0 Å². The standard InChI is InChI=1S/C8H16OS/c1-7(2,3)8(4)9-5-6-10-8/h5-6H2,1-4H3. The second kappa shape index (κ2) is 2.42. The molecular weight excluding hydrogens is 144 g/mol. The largest absolute Gasteiger partial charge is 0.363 e. The molecule has 60 valence electrons. The van der Waals surface area contributed by atoms with Crippen molar-refractivity contribution in [1.82, 2.24) is 0 Å². The molecule has 1 unspecified atom stereocenters. The van der Waals surface area contributed by atoms with Crippen LogP contribution >= 0.6 is 11.8 Å². The van der Waals surface area contributed by atoms with Crippen molar-refractivity contribution in [3.05, 3.63) is 0 Å². The zero-order valence-corrected chi connectivity index (χ0v) is 8.05. The summed E-state index contributed by atoms with van der Waals surface area (Å²) in [6.45, 7) is 9.78. The summed E-state index contributed by atoms with van der Waals surface area (Å²) < 4.78 is 5.67. The van der Waals surface area contributed by atoms with Crippen molar-refractivity contribution >= 4 is 11.8 Å². The molecule has 1 aliphatic rings. The number of hydrogen-bond donors (Lipinski definition) is 0. The fourth-order valence-electron chi connectivity index (χ4n) is 0.948. The Labute approximate surface area is 67.5 Å². The van der Waals surface area contributed by atoms with E-state index in [1.807, 2.05) is 11.8 Å². The van der Waals surface area contributed by atoms with Gasteiger partial charge in [-0.05, 0) is 6.92 Å². The maximum absolute atomic E-state index is 5.67. The first-order valence-electron chi connectivity index (χ1n) is 3.74. The molecule has 2 heteroatoms. The Kier molecular flexibility index (Phi) is 2.03. The first-order valence-corrected chi connectivity index (χ1v) is 4.72. The highest BCUT2D eigenvalue weighted by Gasteiger charge is 2.41. The maximum atomic E-state index is 5.67. The highest BCUT2D eigenvalue weighted by molar-refractivity contribution is 8.00. The van der Waals surface area contributed by atoms with E-state index in [2.05, 4.69) is 27.7 Å². The lowest BCUT2D eigenvalue weighted by atomic mass is 9.89. The zero-order chi connectivity index (χ0) is 7.83. The van der Waals surface area contributed by atoms with Crippen molar-refractivity contribution in [2.75, 3.05) is 12.4 Å². The van der Waals surface area contributed by atoms with E-state index < -0.39 is 0 Å². The fraction of sp³-hybridized carbons (Fsp3) is 1.00. The normalized spacial score (nSPS) is 34.8. The van der Waals surface area contributed by atoms with Gasteiger partial charge >= 0.3 is 0 Å². The number of ether oxygens (including phenoxy) is 1. The van der Waals surface area contributed by atoms with Crippen LogP contribution in [0.5, 0.6) is 0 Å². The van der Waals surface area contributed by atoms with Crippen molar-refractivity contribution in [1.29, 1.82) is 0 Å². The van der Waals surface area contributed by atoms with Gasteiger partial charge in [0, 0.05) is 11.2 Å². The first kappa shape index (κ1) is 8.41. The minimum Gasteiger partial charge on any atom is -0.363 e. The molecule has 0 aromatic rings. The second-order valence-corrected chi connectivity index (χ2v) is 5.37. The predicted molar refractivity (Wildman–Crippen MR) is 46.3 cm³/mol. The quantitative estimate of drug-likeness (QED) is 0.538. The lowest BCUT2D eigenvalue weighted by Gasteiger charge is -2.36. The Morgan fingerprint density at radius 1 is 1.40 bits per heavy atom. The molecule has 0 aromatic heterocycles. The zero-order valence-electron chi connectivity index (χ0n) is 7.23. The highest BCUT2D eigenvalue weighted by Crippen LogP contribution is 2.45. The summed E-state index contributed by atoms with van der Waals surface area (Å²) in [5.41, 5.74) is 0.258. The topological polar surface area (TPSA) is 9.23 Å². The van der Waals surface area contributed by atoms with Crippen molar-refractivity contribution < 1.29 is 4.74 Å².